The van der Waals surface area contributed by atoms with Crippen molar-refractivity contribution in [3.8, 4) is 0 Å². The first-order valence-corrected chi connectivity index (χ1v) is 12.5. The third-order valence-electron chi connectivity index (χ3n) is 6.54. The number of nitrogens with one attached hydrogen (secondary N) is 1. The van der Waals surface area contributed by atoms with E-state index in [2.05, 4.69) is 15.3 Å². The minimum Gasteiger partial charge on any atom is -0.349 e. The van der Waals surface area contributed by atoms with Crippen molar-refractivity contribution in [3.63, 3.8) is 0 Å². The van der Waals surface area contributed by atoms with Gasteiger partial charge in [0.25, 0.3) is 5.91 Å². The minimum atomic E-state index is -4.85. The lowest BCUT2D eigenvalue weighted by atomic mass is 10.0. The van der Waals surface area contributed by atoms with Crippen LogP contribution in [-0.2, 0) is 4.79 Å². The summed E-state index contributed by atoms with van der Waals surface area (Å²) in [5.41, 5.74) is 1.30. The van der Waals surface area contributed by atoms with E-state index in [4.69, 9.17) is 0 Å². The third kappa shape index (κ3) is 6.74. The van der Waals surface area contributed by atoms with Crippen molar-refractivity contribution >= 4 is 22.7 Å². The summed E-state index contributed by atoms with van der Waals surface area (Å²) in [4.78, 5) is 28.0. The summed E-state index contributed by atoms with van der Waals surface area (Å²) in [7, 11) is 0. The number of para-hydroxylation sites is 1. The van der Waals surface area contributed by atoms with E-state index in [0.717, 1.165) is 28.6 Å². The number of hydrogen-bond acceptors (Lipinski definition) is 4. The van der Waals surface area contributed by atoms with Gasteiger partial charge in [0.2, 0.25) is 0 Å². The van der Waals surface area contributed by atoms with Gasteiger partial charge in [0.1, 0.15) is 0 Å². The average Bonchev–Trinajstić information content (AvgIpc) is 3.22. The SMILES string of the molecule is CCCCCN(C(=O)C(F)(F)F)C1CCN(CCNC(=O)c2nn(C(C)C)c3ccccc23)CC1. The van der Waals surface area contributed by atoms with E-state index in [1.165, 1.54) is 0 Å². The largest absolute Gasteiger partial charge is 0.471 e. The predicted octanol–water partition coefficient (Wildman–Crippen LogP) is 4.39. The Hall–Kier alpha value is -2.62. The van der Waals surface area contributed by atoms with Crippen LogP contribution in [0.1, 0.15) is 69.4 Å². The fourth-order valence-electron chi connectivity index (χ4n) is 4.66. The molecule has 1 N–H and O–H groups in total. The second kappa shape index (κ2) is 11.9. The van der Waals surface area contributed by atoms with Gasteiger partial charge in [-0.05, 0) is 39.2 Å². The topological polar surface area (TPSA) is 70.5 Å². The highest BCUT2D eigenvalue weighted by molar-refractivity contribution is 6.04. The van der Waals surface area contributed by atoms with Crippen molar-refractivity contribution in [3.05, 3.63) is 30.0 Å². The Morgan fingerprint density at radius 3 is 2.49 bits per heavy atom. The lowest BCUT2D eigenvalue weighted by Gasteiger charge is -2.38. The van der Waals surface area contributed by atoms with E-state index >= 15 is 0 Å². The number of piperidine rings is 1. The molecule has 1 aliphatic rings. The predicted molar refractivity (Wildman–Crippen MR) is 129 cm³/mol. The number of likely N-dealkylation sites (tertiary alicyclic amines) is 1. The molecule has 1 saturated heterocycles. The first kappa shape index (κ1) is 27.0. The van der Waals surface area contributed by atoms with Crippen LogP contribution in [-0.4, -0.2) is 76.3 Å². The first-order chi connectivity index (χ1) is 16.6. The number of aromatic nitrogens is 2. The zero-order chi connectivity index (χ0) is 25.6. The van der Waals surface area contributed by atoms with Crippen LogP contribution in [0.25, 0.3) is 10.9 Å². The molecule has 1 aromatic carbocycles. The Balaban J connectivity index is 1.52. The minimum absolute atomic E-state index is 0.119. The summed E-state index contributed by atoms with van der Waals surface area (Å²) >= 11 is 0. The van der Waals surface area contributed by atoms with E-state index < -0.39 is 18.1 Å². The number of rotatable bonds is 10. The number of carbonyl (C=O) groups excluding carboxylic acids is 2. The van der Waals surface area contributed by atoms with Crippen molar-refractivity contribution in [2.45, 2.75) is 71.1 Å². The number of nitrogens with zero attached hydrogens (tertiary/aromatic N) is 4. The van der Waals surface area contributed by atoms with Gasteiger partial charge in [-0.3, -0.25) is 14.3 Å². The van der Waals surface area contributed by atoms with Crippen LogP contribution in [0.5, 0.6) is 0 Å². The van der Waals surface area contributed by atoms with Gasteiger partial charge in [0.05, 0.1) is 5.52 Å². The van der Waals surface area contributed by atoms with Crippen molar-refractivity contribution in [1.82, 2.24) is 24.9 Å². The molecule has 1 aliphatic heterocycles. The molecule has 0 radical (unpaired) electrons. The number of alkyl halides is 3. The molecule has 0 atom stereocenters. The molecule has 194 valence electrons. The summed E-state index contributed by atoms with van der Waals surface area (Å²) in [5, 5.41) is 8.24. The van der Waals surface area contributed by atoms with Gasteiger partial charge in [0, 0.05) is 50.2 Å². The number of halogens is 3. The molecule has 35 heavy (non-hydrogen) atoms. The maximum absolute atomic E-state index is 13.1. The maximum Gasteiger partial charge on any atom is 0.471 e. The van der Waals surface area contributed by atoms with Crippen LogP contribution in [0.3, 0.4) is 0 Å². The third-order valence-corrected chi connectivity index (χ3v) is 6.54. The summed E-state index contributed by atoms with van der Waals surface area (Å²) in [6.45, 7) is 8.31. The molecule has 1 aromatic heterocycles. The van der Waals surface area contributed by atoms with Crippen LogP contribution in [0.4, 0.5) is 13.2 Å². The Morgan fingerprint density at radius 2 is 1.86 bits per heavy atom. The molecule has 0 unspecified atom stereocenters. The van der Waals surface area contributed by atoms with E-state index in [1.807, 2.05) is 49.7 Å². The highest BCUT2D eigenvalue weighted by atomic mass is 19.4. The van der Waals surface area contributed by atoms with Gasteiger partial charge in [-0.2, -0.15) is 18.3 Å². The van der Waals surface area contributed by atoms with Crippen molar-refractivity contribution in [2.24, 2.45) is 0 Å². The van der Waals surface area contributed by atoms with Crippen molar-refractivity contribution in [2.75, 3.05) is 32.7 Å². The van der Waals surface area contributed by atoms with E-state index in [-0.39, 0.29) is 18.5 Å². The molecular formula is C25H36F3N5O2. The second-order valence-electron chi connectivity index (χ2n) is 9.44. The number of hydrogen-bond donors (Lipinski definition) is 1. The van der Waals surface area contributed by atoms with Crippen LogP contribution in [0, 0.1) is 0 Å². The van der Waals surface area contributed by atoms with Crippen molar-refractivity contribution in [1.29, 1.82) is 0 Å². The fraction of sp³-hybridized carbons (Fsp3) is 0.640. The summed E-state index contributed by atoms with van der Waals surface area (Å²) in [5.74, 6) is -1.97. The smallest absolute Gasteiger partial charge is 0.349 e. The molecule has 0 aliphatic carbocycles. The van der Waals surface area contributed by atoms with Gasteiger partial charge >= 0.3 is 12.1 Å². The molecule has 2 amide bonds. The quantitative estimate of drug-likeness (QED) is 0.497. The Bertz CT molecular complexity index is 997. The number of benzene rings is 1. The lowest BCUT2D eigenvalue weighted by Crippen LogP contribution is -2.52. The maximum atomic E-state index is 13.1. The number of carbonyl (C=O) groups is 2. The van der Waals surface area contributed by atoms with Crippen LogP contribution in [0.15, 0.2) is 24.3 Å². The molecule has 1 fully saturated rings. The Kier molecular flexibility index (Phi) is 9.15. The molecule has 0 bridgehead atoms. The fourth-order valence-corrected chi connectivity index (χ4v) is 4.66. The lowest BCUT2D eigenvalue weighted by molar-refractivity contribution is -0.188. The Morgan fingerprint density at radius 1 is 1.17 bits per heavy atom. The molecular weight excluding hydrogens is 459 g/mol. The molecule has 2 aromatic rings. The molecule has 3 rings (SSSR count). The van der Waals surface area contributed by atoms with Gasteiger partial charge in [-0.25, -0.2) is 0 Å². The van der Waals surface area contributed by atoms with Crippen molar-refractivity contribution < 1.29 is 22.8 Å². The second-order valence-corrected chi connectivity index (χ2v) is 9.44. The highest BCUT2D eigenvalue weighted by Crippen LogP contribution is 2.25. The average molecular weight is 496 g/mol. The number of unbranched alkanes of at least 4 members (excludes halogenated alkanes) is 2. The zero-order valence-electron chi connectivity index (χ0n) is 20.8. The van der Waals surface area contributed by atoms with Gasteiger partial charge in [-0.15, -0.1) is 0 Å². The first-order valence-electron chi connectivity index (χ1n) is 12.5. The number of amides is 2. The molecule has 7 nitrogen and oxygen atoms in total. The Labute approximate surface area is 204 Å². The van der Waals surface area contributed by atoms with E-state index in [0.29, 0.717) is 51.1 Å². The standard InChI is InChI=1S/C25H36F3N5O2/c1-4-5-8-14-32(24(35)25(26,27)28)19-11-15-31(16-12-19)17-13-29-23(34)22-20-9-6-7-10-21(20)33(30-22)18(2)3/h6-7,9-10,18-19H,4-5,8,11-17H2,1-3H3,(H,29,34). The summed E-state index contributed by atoms with van der Waals surface area (Å²) in [6, 6.07) is 7.34. The highest BCUT2D eigenvalue weighted by Gasteiger charge is 2.44. The molecule has 0 spiro atoms. The zero-order valence-corrected chi connectivity index (χ0v) is 20.8. The van der Waals surface area contributed by atoms with Crippen LogP contribution in [0.2, 0.25) is 0 Å². The summed E-state index contributed by atoms with van der Waals surface area (Å²) in [6.07, 6.45) is -1.61. The normalized spacial score (nSPS) is 15.6. The van der Waals surface area contributed by atoms with E-state index in [1.54, 1.807) is 0 Å². The van der Waals surface area contributed by atoms with Gasteiger partial charge in [0.15, 0.2) is 5.69 Å². The van der Waals surface area contributed by atoms with Gasteiger partial charge < -0.3 is 15.1 Å². The molecule has 10 heteroatoms. The summed E-state index contributed by atoms with van der Waals surface area (Å²) < 4.78 is 41.2. The molecule has 2 heterocycles. The van der Waals surface area contributed by atoms with Crippen LogP contribution >= 0.6 is 0 Å². The molecule has 0 saturated carbocycles. The monoisotopic (exact) mass is 495 g/mol. The van der Waals surface area contributed by atoms with Crippen LogP contribution < -0.4 is 5.32 Å². The number of fused-ring (bicyclic) bond motifs is 1. The van der Waals surface area contributed by atoms with Gasteiger partial charge in [-0.1, -0.05) is 38.0 Å². The van der Waals surface area contributed by atoms with E-state index in [9.17, 15) is 22.8 Å².